The lowest BCUT2D eigenvalue weighted by molar-refractivity contribution is -0.112. The highest BCUT2D eigenvalue weighted by Crippen LogP contribution is 2.46. The third-order valence-electron chi connectivity index (χ3n) is 4.30. The van der Waals surface area contributed by atoms with Crippen LogP contribution in [0.2, 0.25) is 0 Å². The van der Waals surface area contributed by atoms with Crippen molar-refractivity contribution in [3.63, 3.8) is 0 Å². The minimum absolute atomic E-state index is 0.00964. The van der Waals surface area contributed by atoms with Gasteiger partial charge in [-0.3, -0.25) is 9.36 Å². The Morgan fingerprint density at radius 3 is 2.66 bits per heavy atom. The van der Waals surface area contributed by atoms with E-state index in [1.54, 1.807) is 18.2 Å². The smallest absolute Gasteiger partial charge is 0.196 e. The maximum Gasteiger partial charge on any atom is 0.196 e. The number of para-hydroxylation sites is 2. The number of carbonyl (C=O) groups excluding carboxylic acids is 1. The van der Waals surface area contributed by atoms with Crippen molar-refractivity contribution in [2.24, 2.45) is 0 Å². The minimum atomic E-state index is -0.415. The third-order valence-corrected chi connectivity index (χ3v) is 6.48. The molecule has 0 bridgehead atoms. The SMILES string of the molecule is CN1/C(=C(\C#N)C(=O)CSc2nncn2-c2ccccc2F)Sc2ccccc21. The normalized spacial score (nSPS) is 14.4. The lowest BCUT2D eigenvalue weighted by Gasteiger charge is -2.14. The molecule has 1 aliphatic heterocycles. The third kappa shape index (κ3) is 3.64. The van der Waals surface area contributed by atoms with Gasteiger partial charge in [-0.05, 0) is 24.3 Å². The minimum Gasteiger partial charge on any atom is -0.337 e. The number of hydrogen-bond donors (Lipinski definition) is 0. The molecular weight excluding hydrogens is 409 g/mol. The molecule has 0 radical (unpaired) electrons. The molecule has 0 amide bonds. The highest BCUT2D eigenvalue weighted by Gasteiger charge is 2.28. The van der Waals surface area contributed by atoms with Crippen LogP contribution in [0.4, 0.5) is 10.1 Å². The Kier molecular flexibility index (Phi) is 5.38. The first-order valence-electron chi connectivity index (χ1n) is 8.56. The molecule has 9 heteroatoms. The number of hydrogen-bond acceptors (Lipinski definition) is 7. The molecule has 2 aromatic carbocycles. The number of halogens is 1. The molecule has 3 aromatic rings. The number of ketones is 1. The first kappa shape index (κ1) is 19.2. The van der Waals surface area contributed by atoms with Crippen LogP contribution in [0.5, 0.6) is 0 Å². The van der Waals surface area contributed by atoms with Crippen LogP contribution in [0.25, 0.3) is 5.69 Å². The number of benzene rings is 2. The summed E-state index contributed by atoms with van der Waals surface area (Å²) in [5.41, 5.74) is 1.35. The van der Waals surface area contributed by atoms with E-state index in [2.05, 4.69) is 10.2 Å². The average molecular weight is 423 g/mol. The molecule has 0 aliphatic carbocycles. The van der Waals surface area contributed by atoms with Gasteiger partial charge in [-0.1, -0.05) is 47.8 Å². The van der Waals surface area contributed by atoms with Gasteiger partial charge < -0.3 is 4.90 Å². The molecule has 0 fully saturated rings. The topological polar surface area (TPSA) is 74.8 Å². The van der Waals surface area contributed by atoms with Crippen LogP contribution >= 0.6 is 23.5 Å². The van der Waals surface area contributed by atoms with Crippen LogP contribution in [-0.2, 0) is 4.79 Å². The zero-order valence-electron chi connectivity index (χ0n) is 15.2. The van der Waals surface area contributed by atoms with Crippen molar-refractivity contribution in [2.45, 2.75) is 10.1 Å². The summed E-state index contributed by atoms with van der Waals surface area (Å²) in [6, 6.07) is 16.0. The van der Waals surface area contributed by atoms with Crippen molar-refractivity contribution in [2.75, 3.05) is 17.7 Å². The van der Waals surface area contributed by atoms with Crippen molar-refractivity contribution in [3.05, 3.63) is 71.3 Å². The Bertz CT molecular complexity index is 1170. The van der Waals surface area contributed by atoms with Gasteiger partial charge in [0.1, 0.15) is 28.8 Å². The predicted molar refractivity (Wildman–Crippen MR) is 110 cm³/mol. The van der Waals surface area contributed by atoms with Gasteiger partial charge in [0.25, 0.3) is 0 Å². The van der Waals surface area contributed by atoms with Crippen molar-refractivity contribution < 1.29 is 9.18 Å². The first-order valence-corrected chi connectivity index (χ1v) is 10.4. The van der Waals surface area contributed by atoms with Crippen molar-refractivity contribution >= 4 is 35.0 Å². The fraction of sp³-hybridized carbons (Fsp3) is 0.100. The molecule has 0 spiro atoms. The predicted octanol–water partition coefficient (Wildman–Crippen LogP) is 4.04. The van der Waals surface area contributed by atoms with E-state index in [-0.39, 0.29) is 17.1 Å². The highest BCUT2D eigenvalue weighted by molar-refractivity contribution is 8.03. The van der Waals surface area contributed by atoms with E-state index in [1.165, 1.54) is 28.7 Å². The summed E-state index contributed by atoms with van der Waals surface area (Å²) in [5, 5.41) is 18.4. The number of nitrogens with zero attached hydrogens (tertiary/aromatic N) is 5. The zero-order valence-corrected chi connectivity index (χ0v) is 16.9. The lowest BCUT2D eigenvalue weighted by atomic mass is 10.2. The quantitative estimate of drug-likeness (QED) is 0.348. The molecule has 0 N–H and O–H groups in total. The van der Waals surface area contributed by atoms with Gasteiger partial charge in [0.05, 0.1) is 17.1 Å². The Morgan fingerprint density at radius 1 is 1.21 bits per heavy atom. The highest BCUT2D eigenvalue weighted by atomic mass is 32.2. The lowest BCUT2D eigenvalue weighted by Crippen LogP contribution is -2.16. The zero-order chi connectivity index (χ0) is 20.4. The van der Waals surface area contributed by atoms with Crippen LogP contribution in [0.1, 0.15) is 0 Å². The molecule has 2 heterocycles. The van der Waals surface area contributed by atoms with E-state index < -0.39 is 5.82 Å². The van der Waals surface area contributed by atoms with Crippen LogP contribution in [0.15, 0.2) is 75.5 Å². The fourth-order valence-corrected chi connectivity index (χ4v) is 4.84. The largest absolute Gasteiger partial charge is 0.337 e. The molecule has 0 saturated heterocycles. The summed E-state index contributed by atoms with van der Waals surface area (Å²) in [6.45, 7) is 0. The summed E-state index contributed by atoms with van der Waals surface area (Å²) < 4.78 is 15.6. The second-order valence-corrected chi connectivity index (χ2v) is 8.04. The summed E-state index contributed by atoms with van der Waals surface area (Å²) in [4.78, 5) is 15.6. The molecule has 0 atom stereocenters. The summed E-state index contributed by atoms with van der Waals surface area (Å²) in [6.07, 6.45) is 1.39. The van der Waals surface area contributed by atoms with E-state index in [0.717, 1.165) is 22.3 Å². The maximum absolute atomic E-state index is 14.1. The first-order chi connectivity index (χ1) is 14.1. The van der Waals surface area contributed by atoms with E-state index in [0.29, 0.717) is 15.9 Å². The number of Topliss-reactive ketones (excluding diaryl/α,β-unsaturated/α-hetero) is 1. The molecule has 144 valence electrons. The molecule has 1 aliphatic rings. The molecular formula is C20H14FN5OS2. The van der Waals surface area contributed by atoms with Crippen molar-refractivity contribution in [3.8, 4) is 11.8 Å². The molecule has 6 nitrogen and oxygen atoms in total. The standard InChI is InChI=1S/C20H14FN5OS2/c1-25-16-8-4-5-9-18(16)29-19(25)13(10-22)17(27)11-28-20-24-23-12-26(20)15-7-3-2-6-14(15)21/h2-9,12H,11H2,1H3/b19-13-. The number of allylic oxidation sites excluding steroid dienone is 1. The Morgan fingerprint density at radius 2 is 1.93 bits per heavy atom. The van der Waals surface area contributed by atoms with Gasteiger partial charge in [0.2, 0.25) is 0 Å². The number of fused-ring (bicyclic) bond motifs is 1. The number of anilines is 1. The molecule has 1 aromatic heterocycles. The number of aromatic nitrogens is 3. The number of thioether (sulfide) groups is 2. The number of rotatable bonds is 5. The second kappa shape index (κ2) is 8.11. The van der Waals surface area contributed by atoms with E-state index in [1.807, 2.05) is 42.3 Å². The van der Waals surface area contributed by atoms with Crippen LogP contribution in [0.3, 0.4) is 0 Å². The maximum atomic E-state index is 14.1. The molecule has 29 heavy (non-hydrogen) atoms. The molecule has 0 saturated carbocycles. The Hall–Kier alpha value is -3.09. The summed E-state index contributed by atoms with van der Waals surface area (Å²) >= 11 is 2.51. The van der Waals surface area contributed by atoms with Gasteiger partial charge in [-0.15, -0.1) is 10.2 Å². The Balaban J connectivity index is 1.55. The van der Waals surface area contributed by atoms with Crippen LogP contribution in [0, 0.1) is 17.1 Å². The molecule has 0 unspecified atom stereocenters. The second-order valence-electron chi connectivity index (χ2n) is 6.07. The molecule has 4 rings (SSSR count). The van der Waals surface area contributed by atoms with Crippen LogP contribution in [-0.4, -0.2) is 33.3 Å². The number of nitriles is 1. The van der Waals surface area contributed by atoms with Gasteiger partial charge in [0, 0.05) is 11.9 Å². The van der Waals surface area contributed by atoms with Crippen LogP contribution < -0.4 is 4.90 Å². The van der Waals surface area contributed by atoms with Crippen molar-refractivity contribution in [1.82, 2.24) is 14.8 Å². The fourth-order valence-electron chi connectivity index (χ4n) is 2.89. The van der Waals surface area contributed by atoms with E-state index in [4.69, 9.17) is 0 Å². The summed E-state index contributed by atoms with van der Waals surface area (Å²) in [7, 11) is 1.83. The van der Waals surface area contributed by atoms with Gasteiger partial charge >= 0.3 is 0 Å². The monoisotopic (exact) mass is 423 g/mol. The van der Waals surface area contributed by atoms with E-state index >= 15 is 0 Å². The summed E-state index contributed by atoms with van der Waals surface area (Å²) in [5.74, 6) is -0.741. The Labute approximate surface area is 175 Å². The van der Waals surface area contributed by atoms with Gasteiger partial charge in [-0.2, -0.15) is 5.26 Å². The van der Waals surface area contributed by atoms with E-state index in [9.17, 15) is 14.4 Å². The van der Waals surface area contributed by atoms with Gasteiger partial charge in [0.15, 0.2) is 10.9 Å². The van der Waals surface area contributed by atoms with Crippen molar-refractivity contribution in [1.29, 1.82) is 5.26 Å². The van der Waals surface area contributed by atoms with Gasteiger partial charge in [-0.25, -0.2) is 4.39 Å². The number of carbonyl (C=O) groups is 1. The average Bonchev–Trinajstić information content (AvgIpc) is 3.33.